The number of aromatic nitrogens is 3. The molecule has 1 heterocycles. The van der Waals surface area contributed by atoms with Crippen LogP contribution in [0, 0.1) is 0 Å². The van der Waals surface area contributed by atoms with E-state index in [2.05, 4.69) is 33.7 Å². The van der Waals surface area contributed by atoms with E-state index < -0.39 is 0 Å². The summed E-state index contributed by atoms with van der Waals surface area (Å²) in [4.78, 5) is 16.6. The second-order valence-electron chi connectivity index (χ2n) is 4.27. The summed E-state index contributed by atoms with van der Waals surface area (Å²) in [6.45, 7) is 4.31. The molecule has 0 aliphatic heterocycles. The van der Waals surface area contributed by atoms with Crippen molar-refractivity contribution in [1.82, 2.24) is 15.0 Å². The molecule has 1 aromatic rings. The zero-order chi connectivity index (χ0) is 13.0. The molecule has 2 N–H and O–H groups in total. The van der Waals surface area contributed by atoms with Crippen LogP contribution in [0.5, 0.6) is 0 Å². The number of anilines is 3. The van der Waals surface area contributed by atoms with Crippen LogP contribution in [0.25, 0.3) is 0 Å². The van der Waals surface area contributed by atoms with Gasteiger partial charge in [0.05, 0.1) is 0 Å². The van der Waals surface area contributed by atoms with Gasteiger partial charge in [-0.05, 0) is 12.8 Å². The van der Waals surface area contributed by atoms with Crippen LogP contribution >= 0.6 is 0 Å². The Hall–Kier alpha value is -1.59. The van der Waals surface area contributed by atoms with E-state index in [9.17, 15) is 0 Å². The lowest BCUT2D eigenvalue weighted by Crippen LogP contribution is -2.32. The molecular weight excluding hydrogens is 216 g/mol. The Morgan fingerprint density at radius 2 is 1.53 bits per heavy atom. The van der Waals surface area contributed by atoms with Crippen LogP contribution in [-0.2, 0) is 0 Å². The Labute approximate surface area is 103 Å². The van der Waals surface area contributed by atoms with Gasteiger partial charge in [0.2, 0.25) is 17.8 Å². The second-order valence-corrected chi connectivity index (χ2v) is 4.27. The van der Waals surface area contributed by atoms with E-state index in [0.717, 1.165) is 12.8 Å². The van der Waals surface area contributed by atoms with Crippen molar-refractivity contribution in [2.45, 2.75) is 32.7 Å². The Morgan fingerprint density at radius 3 is 2.00 bits per heavy atom. The maximum Gasteiger partial charge on any atom is 0.231 e. The minimum Gasteiger partial charge on any atom is -0.368 e. The summed E-state index contributed by atoms with van der Waals surface area (Å²) in [6.07, 6.45) is 2.10. The number of nitrogens with two attached hydrogens (primary N) is 1. The summed E-state index contributed by atoms with van der Waals surface area (Å²) >= 11 is 0. The van der Waals surface area contributed by atoms with Crippen molar-refractivity contribution in [3.63, 3.8) is 0 Å². The fourth-order valence-electron chi connectivity index (χ4n) is 1.73. The van der Waals surface area contributed by atoms with Crippen LogP contribution in [0.3, 0.4) is 0 Å². The quantitative estimate of drug-likeness (QED) is 0.829. The van der Waals surface area contributed by atoms with Crippen LogP contribution in [0.15, 0.2) is 0 Å². The SMILES string of the molecule is CCC(CC)N(C)c1nc(N)nc(N(C)C)n1. The molecular formula is C11H22N6. The van der Waals surface area contributed by atoms with Crippen molar-refractivity contribution in [2.24, 2.45) is 0 Å². The second kappa shape index (κ2) is 5.65. The van der Waals surface area contributed by atoms with Crippen molar-refractivity contribution in [3.8, 4) is 0 Å². The predicted molar refractivity (Wildman–Crippen MR) is 71.3 cm³/mol. The third-order valence-electron chi connectivity index (χ3n) is 2.83. The van der Waals surface area contributed by atoms with Crippen LogP contribution < -0.4 is 15.5 Å². The zero-order valence-electron chi connectivity index (χ0n) is 11.3. The first kappa shape index (κ1) is 13.5. The molecule has 0 saturated heterocycles. The lowest BCUT2D eigenvalue weighted by molar-refractivity contribution is 0.580. The number of nitrogens with zero attached hydrogens (tertiary/aromatic N) is 5. The zero-order valence-corrected chi connectivity index (χ0v) is 11.3. The van der Waals surface area contributed by atoms with Crippen molar-refractivity contribution in [2.75, 3.05) is 36.7 Å². The van der Waals surface area contributed by atoms with E-state index in [4.69, 9.17) is 5.73 Å². The summed E-state index contributed by atoms with van der Waals surface area (Å²) in [7, 11) is 5.76. The molecule has 96 valence electrons. The van der Waals surface area contributed by atoms with Gasteiger partial charge in [0, 0.05) is 27.2 Å². The molecule has 0 spiro atoms. The third-order valence-corrected chi connectivity index (χ3v) is 2.83. The molecule has 6 nitrogen and oxygen atoms in total. The van der Waals surface area contributed by atoms with Gasteiger partial charge in [-0.25, -0.2) is 0 Å². The first-order chi connectivity index (χ1) is 7.99. The lowest BCUT2D eigenvalue weighted by Gasteiger charge is -2.26. The van der Waals surface area contributed by atoms with Crippen molar-refractivity contribution < 1.29 is 0 Å². The van der Waals surface area contributed by atoms with Gasteiger partial charge in [0.1, 0.15) is 0 Å². The molecule has 1 aromatic heterocycles. The van der Waals surface area contributed by atoms with Crippen molar-refractivity contribution in [1.29, 1.82) is 0 Å². The molecule has 6 heteroatoms. The third kappa shape index (κ3) is 3.18. The summed E-state index contributed by atoms with van der Waals surface area (Å²) in [5.41, 5.74) is 5.70. The molecule has 0 fully saturated rings. The van der Waals surface area contributed by atoms with E-state index in [1.54, 1.807) is 0 Å². The number of rotatable bonds is 5. The minimum atomic E-state index is 0.261. The molecule has 0 amide bonds. The van der Waals surface area contributed by atoms with E-state index in [1.165, 1.54) is 0 Å². The smallest absolute Gasteiger partial charge is 0.231 e. The number of nitrogen functional groups attached to an aromatic ring is 1. The van der Waals surface area contributed by atoms with Gasteiger partial charge in [-0.15, -0.1) is 0 Å². The topological polar surface area (TPSA) is 71.2 Å². The van der Waals surface area contributed by atoms with Gasteiger partial charge < -0.3 is 15.5 Å². The summed E-state index contributed by atoms with van der Waals surface area (Å²) < 4.78 is 0. The largest absolute Gasteiger partial charge is 0.368 e. The van der Waals surface area contributed by atoms with Gasteiger partial charge in [0.25, 0.3) is 0 Å². The fraction of sp³-hybridized carbons (Fsp3) is 0.727. The summed E-state index contributed by atoms with van der Waals surface area (Å²) in [6, 6.07) is 0.423. The van der Waals surface area contributed by atoms with E-state index in [1.807, 2.05) is 26.0 Å². The standard InChI is InChI=1S/C11H22N6/c1-6-8(7-2)17(5)11-14-9(12)13-10(15-11)16(3)4/h8H,6-7H2,1-5H3,(H2,12,13,14,15). The summed E-state index contributed by atoms with van der Waals surface area (Å²) in [5.74, 6) is 1.48. The molecule has 0 aliphatic rings. The summed E-state index contributed by atoms with van der Waals surface area (Å²) in [5, 5.41) is 0. The van der Waals surface area contributed by atoms with Crippen LogP contribution in [0.4, 0.5) is 17.8 Å². The van der Waals surface area contributed by atoms with Gasteiger partial charge >= 0.3 is 0 Å². The van der Waals surface area contributed by atoms with E-state index >= 15 is 0 Å². The fourth-order valence-corrected chi connectivity index (χ4v) is 1.73. The van der Waals surface area contributed by atoms with Gasteiger partial charge in [-0.1, -0.05) is 13.8 Å². The molecule has 0 aromatic carbocycles. The molecule has 17 heavy (non-hydrogen) atoms. The van der Waals surface area contributed by atoms with Crippen LogP contribution in [-0.4, -0.2) is 42.1 Å². The lowest BCUT2D eigenvalue weighted by atomic mass is 10.1. The molecule has 0 unspecified atom stereocenters. The Bertz CT molecular complexity index is 361. The Morgan fingerprint density at radius 1 is 1.00 bits per heavy atom. The average Bonchev–Trinajstić information content (AvgIpc) is 2.29. The highest BCUT2D eigenvalue weighted by atomic mass is 15.3. The maximum atomic E-state index is 5.70. The predicted octanol–water partition coefficient (Wildman–Crippen LogP) is 1.14. The first-order valence-electron chi connectivity index (χ1n) is 5.91. The monoisotopic (exact) mass is 238 g/mol. The molecule has 0 bridgehead atoms. The first-order valence-corrected chi connectivity index (χ1v) is 5.91. The molecule has 1 rings (SSSR count). The normalized spacial score (nSPS) is 10.7. The number of hydrogen-bond donors (Lipinski definition) is 1. The molecule has 0 saturated carbocycles. The Kier molecular flexibility index (Phi) is 4.48. The van der Waals surface area contributed by atoms with E-state index in [-0.39, 0.29) is 5.95 Å². The molecule has 0 atom stereocenters. The molecule has 0 aliphatic carbocycles. The minimum absolute atomic E-state index is 0.261. The molecule has 0 radical (unpaired) electrons. The van der Waals surface area contributed by atoms with Crippen LogP contribution in [0.2, 0.25) is 0 Å². The highest BCUT2D eigenvalue weighted by molar-refractivity contribution is 5.42. The highest BCUT2D eigenvalue weighted by Gasteiger charge is 2.16. The van der Waals surface area contributed by atoms with Crippen molar-refractivity contribution >= 4 is 17.8 Å². The maximum absolute atomic E-state index is 5.70. The van der Waals surface area contributed by atoms with Crippen LogP contribution in [0.1, 0.15) is 26.7 Å². The van der Waals surface area contributed by atoms with Gasteiger partial charge in [0.15, 0.2) is 0 Å². The van der Waals surface area contributed by atoms with Gasteiger partial charge in [-0.2, -0.15) is 15.0 Å². The van der Waals surface area contributed by atoms with E-state index in [0.29, 0.717) is 17.9 Å². The average molecular weight is 238 g/mol. The van der Waals surface area contributed by atoms with Crippen molar-refractivity contribution in [3.05, 3.63) is 0 Å². The Balaban J connectivity index is 3.04. The number of hydrogen-bond acceptors (Lipinski definition) is 6. The highest BCUT2D eigenvalue weighted by Crippen LogP contribution is 2.17. The van der Waals surface area contributed by atoms with Gasteiger partial charge in [-0.3, -0.25) is 0 Å².